The number of nitrogens with zero attached hydrogens (tertiary/aromatic N) is 4. The summed E-state index contributed by atoms with van der Waals surface area (Å²) in [5, 5.41) is 17.3. The zero-order chi connectivity index (χ0) is 24.6. The molecule has 2 aromatic heterocycles. The number of hydrogen-bond donors (Lipinski definition) is 2. The van der Waals surface area contributed by atoms with Crippen molar-refractivity contribution >= 4 is 40.9 Å². The van der Waals surface area contributed by atoms with Gasteiger partial charge in [0.05, 0.1) is 35.5 Å². The van der Waals surface area contributed by atoms with Crippen molar-refractivity contribution in [2.24, 2.45) is 5.41 Å². The van der Waals surface area contributed by atoms with E-state index in [2.05, 4.69) is 15.4 Å². The van der Waals surface area contributed by atoms with Gasteiger partial charge < -0.3 is 20.1 Å². The molecule has 11 heteroatoms. The minimum absolute atomic E-state index is 0.237. The lowest BCUT2D eigenvalue weighted by Gasteiger charge is -2.51. The van der Waals surface area contributed by atoms with Crippen LogP contribution in [0.2, 0.25) is 4.34 Å². The molecule has 0 radical (unpaired) electrons. The molecule has 2 atom stereocenters. The first-order chi connectivity index (χ1) is 16.1. The lowest BCUT2D eigenvalue weighted by Crippen LogP contribution is -2.62. The molecule has 4 rings (SSSR count). The Morgan fingerprint density at radius 2 is 2.00 bits per heavy atom. The number of hydrogen-bond acceptors (Lipinski definition) is 7. The number of likely N-dealkylation sites (tertiary alicyclic amines) is 1. The van der Waals surface area contributed by atoms with Gasteiger partial charge in [0.15, 0.2) is 5.82 Å². The fraction of sp³-hybridized carbons (Fsp3) is 0.391. The topological polar surface area (TPSA) is 110 Å². The number of carbonyl (C=O) groups is 2. The summed E-state index contributed by atoms with van der Waals surface area (Å²) in [6.07, 6.45) is -0.978. The molecular weight excluding hydrogens is 478 g/mol. The fourth-order valence-electron chi connectivity index (χ4n) is 4.29. The highest BCUT2D eigenvalue weighted by Crippen LogP contribution is 2.43. The number of carbonyl (C=O) groups excluding carboxylic acids is 1. The van der Waals surface area contributed by atoms with Gasteiger partial charge in [0, 0.05) is 11.4 Å². The smallest absolute Gasteiger partial charge is 0.407 e. The number of thiophene rings is 1. The molecular formula is C23H26ClN5O4S. The molecule has 0 saturated carbocycles. The minimum atomic E-state index is -0.978. The summed E-state index contributed by atoms with van der Waals surface area (Å²) in [6, 6.07) is 10.3. The molecule has 1 saturated heterocycles. The summed E-state index contributed by atoms with van der Waals surface area (Å²) in [7, 11) is 1.50. The molecule has 1 aromatic carbocycles. The fourth-order valence-corrected chi connectivity index (χ4v) is 5.31. The quantitative estimate of drug-likeness (QED) is 0.497. The first-order valence-electron chi connectivity index (χ1n) is 10.7. The number of ether oxygens (including phenoxy) is 1. The Morgan fingerprint density at radius 1 is 1.26 bits per heavy atom. The maximum absolute atomic E-state index is 13.5. The van der Waals surface area contributed by atoms with E-state index in [9.17, 15) is 14.7 Å². The normalized spacial score (nSPS) is 17.9. The van der Waals surface area contributed by atoms with Crippen LogP contribution in [0.4, 0.5) is 10.7 Å². The van der Waals surface area contributed by atoms with E-state index in [0.717, 1.165) is 4.88 Å². The third-order valence-corrected chi connectivity index (χ3v) is 7.01. The van der Waals surface area contributed by atoms with Gasteiger partial charge >= 0.3 is 6.09 Å². The molecule has 0 spiro atoms. The maximum atomic E-state index is 13.5. The Bertz CT molecular complexity index is 1220. The van der Waals surface area contributed by atoms with Gasteiger partial charge in [-0.1, -0.05) is 44.5 Å². The van der Waals surface area contributed by atoms with Crippen molar-refractivity contribution in [3.63, 3.8) is 0 Å². The molecule has 2 unspecified atom stereocenters. The van der Waals surface area contributed by atoms with Gasteiger partial charge in [-0.2, -0.15) is 9.67 Å². The molecule has 180 valence electrons. The predicted octanol–water partition coefficient (Wildman–Crippen LogP) is 4.79. The Balaban J connectivity index is 1.70. The number of benzene rings is 1. The summed E-state index contributed by atoms with van der Waals surface area (Å²) >= 11 is 7.47. The van der Waals surface area contributed by atoms with Crippen LogP contribution in [0.15, 0.2) is 36.4 Å². The average Bonchev–Trinajstić information content (AvgIpc) is 3.35. The highest BCUT2D eigenvalue weighted by molar-refractivity contribution is 7.16. The SMILES string of the molecule is COc1ccccc1C(=O)n1nc(C2CN(C(=O)O)C2C(C)(C)C)nc1NCc1ccc(Cl)s1. The zero-order valence-electron chi connectivity index (χ0n) is 19.3. The van der Waals surface area contributed by atoms with Crippen molar-refractivity contribution in [1.82, 2.24) is 19.7 Å². The monoisotopic (exact) mass is 503 g/mol. The van der Waals surface area contributed by atoms with Crippen molar-refractivity contribution < 1.29 is 19.4 Å². The number of anilines is 1. The first kappa shape index (κ1) is 24.0. The van der Waals surface area contributed by atoms with E-state index in [1.54, 1.807) is 24.3 Å². The Morgan fingerprint density at radius 3 is 2.62 bits per heavy atom. The first-order valence-corrected chi connectivity index (χ1v) is 11.9. The van der Waals surface area contributed by atoms with Crippen LogP contribution in [0.3, 0.4) is 0 Å². The van der Waals surface area contributed by atoms with Crippen LogP contribution in [0.1, 0.15) is 47.7 Å². The number of rotatable bonds is 6. The summed E-state index contributed by atoms with van der Waals surface area (Å²) < 4.78 is 7.26. The molecule has 9 nitrogen and oxygen atoms in total. The third-order valence-electron chi connectivity index (χ3n) is 5.78. The number of methoxy groups -OCH3 is 1. The van der Waals surface area contributed by atoms with Gasteiger partial charge in [-0.05, 0) is 29.7 Å². The standard InChI is InChI=1S/C23H26ClN5O4S/c1-23(2,3)18-15(12-28(18)22(31)32)19-26-21(25-11-13-9-10-17(24)34-13)29(27-19)20(30)14-7-5-6-8-16(14)33-4/h5-10,15,18H,11-12H2,1-4H3,(H,31,32)(H,25,26,27). The van der Waals surface area contributed by atoms with Crippen molar-refractivity contribution in [2.45, 2.75) is 39.3 Å². The summed E-state index contributed by atoms with van der Waals surface area (Å²) in [5.41, 5.74) is 0.0117. The highest BCUT2D eigenvalue weighted by atomic mass is 35.5. The largest absolute Gasteiger partial charge is 0.496 e. The number of nitrogens with one attached hydrogen (secondary N) is 1. The number of carboxylic acid groups (broad SMARTS) is 1. The highest BCUT2D eigenvalue weighted by Gasteiger charge is 2.51. The van der Waals surface area contributed by atoms with Crippen molar-refractivity contribution in [3.05, 3.63) is 57.0 Å². The van der Waals surface area contributed by atoms with Crippen LogP contribution in [0.5, 0.6) is 5.75 Å². The van der Waals surface area contributed by atoms with Gasteiger partial charge in [0.1, 0.15) is 5.75 Å². The van der Waals surface area contributed by atoms with E-state index in [4.69, 9.17) is 16.3 Å². The summed E-state index contributed by atoms with van der Waals surface area (Å²) in [5.74, 6) is 0.488. The van der Waals surface area contributed by atoms with Crippen LogP contribution in [0.25, 0.3) is 0 Å². The molecule has 3 heterocycles. The predicted molar refractivity (Wildman–Crippen MR) is 130 cm³/mol. The van der Waals surface area contributed by atoms with Gasteiger partial charge in [-0.15, -0.1) is 16.4 Å². The minimum Gasteiger partial charge on any atom is -0.496 e. The molecule has 3 aromatic rings. The van der Waals surface area contributed by atoms with Crippen LogP contribution in [-0.4, -0.2) is 56.5 Å². The Labute approximate surface area is 206 Å². The Hall–Kier alpha value is -3.11. The molecule has 0 aliphatic carbocycles. The number of amides is 1. The molecule has 0 bridgehead atoms. The van der Waals surface area contributed by atoms with E-state index >= 15 is 0 Å². The number of halogens is 1. The number of para-hydroxylation sites is 1. The van der Waals surface area contributed by atoms with Gasteiger partial charge in [-0.25, -0.2) is 4.79 Å². The van der Waals surface area contributed by atoms with E-state index in [1.807, 2.05) is 32.9 Å². The van der Waals surface area contributed by atoms with Gasteiger partial charge in [0.25, 0.3) is 5.91 Å². The lowest BCUT2D eigenvalue weighted by molar-refractivity contribution is -0.00441. The number of aromatic nitrogens is 3. The van der Waals surface area contributed by atoms with E-state index in [1.165, 1.54) is 28.0 Å². The van der Waals surface area contributed by atoms with Gasteiger partial charge in [0.2, 0.25) is 5.95 Å². The zero-order valence-corrected chi connectivity index (χ0v) is 20.9. The van der Waals surface area contributed by atoms with Crippen LogP contribution < -0.4 is 10.1 Å². The van der Waals surface area contributed by atoms with Crippen LogP contribution >= 0.6 is 22.9 Å². The van der Waals surface area contributed by atoms with E-state index < -0.39 is 12.0 Å². The summed E-state index contributed by atoms with van der Waals surface area (Å²) in [4.78, 5) is 32.2. The third kappa shape index (κ3) is 4.60. The second-order valence-corrected chi connectivity index (χ2v) is 10.9. The maximum Gasteiger partial charge on any atom is 0.407 e. The van der Waals surface area contributed by atoms with Crippen LogP contribution in [0, 0.1) is 5.41 Å². The molecule has 1 amide bonds. The van der Waals surface area contributed by atoms with Crippen LogP contribution in [-0.2, 0) is 6.54 Å². The van der Waals surface area contributed by atoms with Crippen molar-refractivity contribution in [1.29, 1.82) is 0 Å². The van der Waals surface area contributed by atoms with E-state index in [0.29, 0.717) is 28.0 Å². The summed E-state index contributed by atoms with van der Waals surface area (Å²) in [6.45, 7) is 6.62. The van der Waals surface area contributed by atoms with E-state index in [-0.39, 0.29) is 29.9 Å². The van der Waals surface area contributed by atoms with Gasteiger partial charge in [-0.3, -0.25) is 4.79 Å². The van der Waals surface area contributed by atoms with Crippen molar-refractivity contribution in [3.8, 4) is 5.75 Å². The molecule has 1 aliphatic rings. The Kier molecular flexibility index (Phi) is 6.55. The average molecular weight is 504 g/mol. The second-order valence-electron chi connectivity index (χ2n) is 9.12. The lowest BCUT2D eigenvalue weighted by atomic mass is 9.72. The molecule has 1 fully saturated rings. The second kappa shape index (κ2) is 9.27. The molecule has 2 N–H and O–H groups in total. The molecule has 34 heavy (non-hydrogen) atoms. The molecule has 1 aliphatic heterocycles. The van der Waals surface area contributed by atoms with Crippen molar-refractivity contribution in [2.75, 3.05) is 19.0 Å².